The van der Waals surface area contributed by atoms with Crippen LogP contribution in [0.5, 0.6) is 0 Å². The largest absolute Gasteiger partial charge is 0.744 e. The molecule has 0 saturated heterocycles. The van der Waals surface area contributed by atoms with E-state index in [0.29, 0.717) is 5.02 Å². The van der Waals surface area contributed by atoms with E-state index in [1.807, 2.05) is 49.1 Å². The molecule has 130 valence electrons. The molecule has 3 aromatic rings. The van der Waals surface area contributed by atoms with Crippen molar-refractivity contribution in [3.8, 4) is 11.1 Å². The van der Waals surface area contributed by atoms with Gasteiger partial charge in [-0.25, -0.2) is 13.0 Å². The van der Waals surface area contributed by atoms with E-state index in [-0.39, 0.29) is 4.90 Å². The Labute approximate surface area is 152 Å². The van der Waals surface area contributed by atoms with Gasteiger partial charge in [0.15, 0.2) is 12.4 Å². The Morgan fingerprint density at radius 1 is 1.08 bits per heavy atom. The van der Waals surface area contributed by atoms with Crippen LogP contribution in [0, 0.1) is 6.92 Å². The van der Waals surface area contributed by atoms with Gasteiger partial charge in [0.1, 0.15) is 17.2 Å². The molecule has 0 spiro atoms. The highest BCUT2D eigenvalue weighted by molar-refractivity contribution is 7.85. The summed E-state index contributed by atoms with van der Waals surface area (Å²) in [7, 11) is -2.28. The fourth-order valence-corrected chi connectivity index (χ4v) is 2.68. The summed E-state index contributed by atoms with van der Waals surface area (Å²) in [6.07, 6.45) is 7.46. The fourth-order valence-electron chi connectivity index (χ4n) is 2.03. The zero-order valence-corrected chi connectivity index (χ0v) is 15.3. The van der Waals surface area contributed by atoms with Gasteiger partial charge in [0.25, 0.3) is 0 Å². The minimum Gasteiger partial charge on any atom is -0.744 e. The van der Waals surface area contributed by atoms with Crippen molar-refractivity contribution in [3.63, 3.8) is 0 Å². The Balaban J connectivity index is 0.000000186. The Kier molecular flexibility index (Phi) is 6.25. The van der Waals surface area contributed by atoms with Crippen LogP contribution in [0.15, 0.2) is 72.1 Å². The van der Waals surface area contributed by atoms with Crippen LogP contribution in [0.3, 0.4) is 0 Å². The van der Waals surface area contributed by atoms with Crippen molar-refractivity contribution < 1.29 is 17.5 Å². The second kappa shape index (κ2) is 8.20. The first kappa shape index (κ1) is 19.1. The molecule has 0 aliphatic carbocycles. The number of halogens is 1. The van der Waals surface area contributed by atoms with Crippen molar-refractivity contribution in [2.75, 3.05) is 0 Å². The minimum atomic E-state index is -4.27. The Hall–Kier alpha value is -2.28. The molecule has 0 bridgehead atoms. The smallest absolute Gasteiger partial charge is 0.176 e. The van der Waals surface area contributed by atoms with E-state index in [9.17, 15) is 13.0 Å². The quantitative estimate of drug-likeness (QED) is 0.508. The van der Waals surface area contributed by atoms with Crippen LogP contribution in [-0.2, 0) is 17.2 Å². The molecule has 0 unspecified atom stereocenters. The topological polar surface area (TPSA) is 74.0 Å². The van der Waals surface area contributed by atoms with Crippen LogP contribution >= 0.6 is 11.6 Å². The van der Waals surface area contributed by atoms with Crippen LogP contribution in [0.4, 0.5) is 0 Å². The van der Waals surface area contributed by atoms with E-state index in [1.165, 1.54) is 12.1 Å². The van der Waals surface area contributed by atoms with E-state index < -0.39 is 10.1 Å². The molecule has 5 nitrogen and oxygen atoms in total. The van der Waals surface area contributed by atoms with Crippen molar-refractivity contribution in [2.24, 2.45) is 7.05 Å². The molecule has 0 aliphatic heterocycles. The predicted octanol–water partition coefficient (Wildman–Crippen LogP) is 3.13. The van der Waals surface area contributed by atoms with Crippen LogP contribution in [0.1, 0.15) is 5.56 Å². The highest BCUT2D eigenvalue weighted by Gasteiger charge is 2.02. The average Bonchev–Trinajstić information content (AvgIpc) is 2.55. The summed E-state index contributed by atoms with van der Waals surface area (Å²) < 4.78 is 33.2. The maximum absolute atomic E-state index is 10.4. The first-order chi connectivity index (χ1) is 11.8. The zero-order chi connectivity index (χ0) is 18.4. The molecular formula is C18H17ClN2O3S. The molecule has 0 saturated carbocycles. The second-order valence-corrected chi connectivity index (χ2v) is 7.23. The SMILES string of the molecule is C[n+]1cccc(-c2cncc(Cl)c2)c1.Cc1ccc(S(=O)(=O)[O-])cc1. The van der Waals surface area contributed by atoms with Gasteiger partial charge in [-0.3, -0.25) is 4.98 Å². The third-order valence-corrected chi connectivity index (χ3v) is 4.34. The molecular weight excluding hydrogens is 360 g/mol. The lowest BCUT2D eigenvalue weighted by atomic mass is 10.1. The maximum atomic E-state index is 10.4. The van der Waals surface area contributed by atoms with Crippen molar-refractivity contribution >= 4 is 21.7 Å². The number of hydrogen-bond donors (Lipinski definition) is 0. The Morgan fingerprint density at radius 2 is 1.76 bits per heavy atom. The lowest BCUT2D eigenvalue weighted by molar-refractivity contribution is -0.671. The van der Waals surface area contributed by atoms with Gasteiger partial charge >= 0.3 is 0 Å². The molecule has 0 atom stereocenters. The minimum absolute atomic E-state index is 0.178. The molecule has 0 radical (unpaired) electrons. The van der Waals surface area contributed by atoms with E-state index in [2.05, 4.69) is 4.98 Å². The van der Waals surface area contributed by atoms with Gasteiger partial charge in [-0.2, -0.15) is 0 Å². The van der Waals surface area contributed by atoms with Crippen molar-refractivity contribution in [3.05, 3.63) is 77.8 Å². The first-order valence-corrected chi connectivity index (χ1v) is 9.13. The summed E-state index contributed by atoms with van der Waals surface area (Å²) in [6.45, 7) is 1.82. The van der Waals surface area contributed by atoms with E-state index in [0.717, 1.165) is 16.7 Å². The number of aryl methyl sites for hydroxylation is 2. The van der Waals surface area contributed by atoms with Gasteiger partial charge in [-0.05, 0) is 31.2 Å². The summed E-state index contributed by atoms with van der Waals surface area (Å²) in [5.74, 6) is 0. The van der Waals surface area contributed by atoms with Crippen LogP contribution in [0.25, 0.3) is 11.1 Å². The summed E-state index contributed by atoms with van der Waals surface area (Å²) in [6, 6.07) is 11.7. The molecule has 3 rings (SSSR count). The molecule has 0 N–H and O–H groups in total. The third-order valence-electron chi connectivity index (χ3n) is 3.29. The van der Waals surface area contributed by atoms with Crippen molar-refractivity contribution in [2.45, 2.75) is 11.8 Å². The zero-order valence-electron chi connectivity index (χ0n) is 13.8. The number of hydrogen-bond acceptors (Lipinski definition) is 4. The fraction of sp³-hybridized carbons (Fsp3) is 0.111. The number of pyridine rings is 2. The van der Waals surface area contributed by atoms with Crippen LogP contribution < -0.4 is 4.57 Å². The molecule has 25 heavy (non-hydrogen) atoms. The predicted molar refractivity (Wildman–Crippen MR) is 95.0 cm³/mol. The summed E-state index contributed by atoms with van der Waals surface area (Å²) in [5.41, 5.74) is 3.08. The van der Waals surface area contributed by atoms with Gasteiger partial charge in [0, 0.05) is 29.6 Å². The maximum Gasteiger partial charge on any atom is 0.176 e. The molecule has 0 fully saturated rings. The molecule has 7 heteroatoms. The summed E-state index contributed by atoms with van der Waals surface area (Å²) in [4.78, 5) is 3.87. The van der Waals surface area contributed by atoms with Gasteiger partial charge in [0.05, 0.1) is 9.92 Å². The van der Waals surface area contributed by atoms with E-state index in [4.69, 9.17) is 11.6 Å². The molecule has 0 amide bonds. The summed E-state index contributed by atoms with van der Waals surface area (Å²) in [5, 5.41) is 0.661. The normalized spacial score (nSPS) is 10.7. The highest BCUT2D eigenvalue weighted by atomic mass is 35.5. The molecule has 2 aromatic heterocycles. The highest BCUT2D eigenvalue weighted by Crippen LogP contribution is 2.19. The number of nitrogens with zero attached hydrogens (tertiary/aromatic N) is 2. The Morgan fingerprint density at radius 3 is 2.32 bits per heavy atom. The average molecular weight is 377 g/mol. The third kappa shape index (κ3) is 5.94. The van der Waals surface area contributed by atoms with Crippen molar-refractivity contribution in [1.82, 2.24) is 4.98 Å². The van der Waals surface area contributed by atoms with Crippen molar-refractivity contribution in [1.29, 1.82) is 0 Å². The second-order valence-electron chi connectivity index (χ2n) is 5.42. The van der Waals surface area contributed by atoms with E-state index in [1.54, 1.807) is 24.5 Å². The first-order valence-electron chi connectivity index (χ1n) is 7.34. The molecule has 1 aromatic carbocycles. The van der Waals surface area contributed by atoms with Crippen LogP contribution in [0.2, 0.25) is 5.02 Å². The number of aromatic nitrogens is 2. The van der Waals surface area contributed by atoms with E-state index >= 15 is 0 Å². The van der Waals surface area contributed by atoms with Gasteiger partial charge in [-0.1, -0.05) is 29.3 Å². The molecule has 0 aliphatic rings. The summed E-state index contributed by atoms with van der Waals surface area (Å²) >= 11 is 5.87. The van der Waals surface area contributed by atoms with Crippen LogP contribution in [-0.4, -0.2) is 18.0 Å². The Bertz CT molecular complexity index is 915. The lowest BCUT2D eigenvalue weighted by Crippen LogP contribution is -2.26. The van der Waals surface area contributed by atoms with Gasteiger partial charge in [-0.15, -0.1) is 0 Å². The van der Waals surface area contributed by atoms with Gasteiger partial charge < -0.3 is 4.55 Å². The monoisotopic (exact) mass is 376 g/mol. The standard InChI is InChI=1S/C11H10ClN2.C7H8O3S/c1-14-4-2-3-9(8-14)10-5-11(12)7-13-6-10;1-6-2-4-7(5-3-6)11(8,9)10/h2-8H,1H3;2-5H,1H3,(H,8,9,10)/q+1;/p-1. The number of benzene rings is 1. The lowest BCUT2D eigenvalue weighted by Gasteiger charge is -2.05. The van der Waals surface area contributed by atoms with Gasteiger partial charge in [0.2, 0.25) is 0 Å². The number of rotatable bonds is 2. The molecule has 2 heterocycles.